The van der Waals surface area contributed by atoms with Gasteiger partial charge in [0.05, 0.1) is 13.7 Å². The highest BCUT2D eigenvalue weighted by molar-refractivity contribution is 5.95. The minimum Gasteiger partial charge on any atom is -0.494 e. The number of hydrogen-bond donors (Lipinski definition) is 2. The molecule has 3 aromatic rings. The van der Waals surface area contributed by atoms with Gasteiger partial charge in [-0.15, -0.1) is 5.10 Å². The topological polar surface area (TPSA) is 98.6 Å². The highest BCUT2D eigenvalue weighted by Gasteiger charge is 2.16. The Hall–Kier alpha value is -2.41. The van der Waals surface area contributed by atoms with Gasteiger partial charge >= 0.3 is 0 Å². The minimum atomic E-state index is -0.157. The number of ether oxygens (including phenoxy) is 1. The number of anilines is 1. The zero-order valence-corrected chi connectivity index (χ0v) is 11.2. The predicted molar refractivity (Wildman–Crippen MR) is 74.8 cm³/mol. The standard InChI is InChI=1S/C13H15N5O2/c1-7(6-19)11-16-12-8-4-3-5-9(20-2)10(8)15-13(14)18(12)17-11/h3-5,7,19H,6H2,1-2H3,(H2,14,15)/t7-/m1/s1. The Morgan fingerprint density at radius 2 is 2.20 bits per heavy atom. The van der Waals surface area contributed by atoms with Gasteiger partial charge in [0.25, 0.3) is 0 Å². The quantitative estimate of drug-likeness (QED) is 0.737. The molecule has 104 valence electrons. The lowest BCUT2D eigenvalue weighted by Gasteiger charge is -2.06. The number of hydrogen-bond acceptors (Lipinski definition) is 6. The Bertz CT molecular complexity index is 783. The van der Waals surface area contributed by atoms with Crippen LogP contribution in [0, 0.1) is 0 Å². The van der Waals surface area contributed by atoms with E-state index in [1.54, 1.807) is 7.11 Å². The minimum absolute atomic E-state index is 0.0224. The van der Waals surface area contributed by atoms with E-state index < -0.39 is 0 Å². The maximum atomic E-state index is 9.22. The molecule has 0 spiro atoms. The van der Waals surface area contributed by atoms with Gasteiger partial charge < -0.3 is 15.6 Å². The number of benzene rings is 1. The van der Waals surface area contributed by atoms with Gasteiger partial charge in [-0.1, -0.05) is 13.0 Å². The van der Waals surface area contributed by atoms with E-state index in [0.717, 1.165) is 5.39 Å². The van der Waals surface area contributed by atoms with Crippen LogP contribution in [0.1, 0.15) is 18.7 Å². The SMILES string of the molecule is COc1cccc2c1nc(N)n1nc([C@H](C)CO)nc21. The molecule has 0 fully saturated rings. The molecule has 0 aliphatic heterocycles. The Kier molecular flexibility index (Phi) is 2.90. The molecule has 0 saturated heterocycles. The van der Waals surface area contributed by atoms with E-state index in [9.17, 15) is 5.11 Å². The average Bonchev–Trinajstić information content (AvgIpc) is 2.92. The Balaban J connectivity index is 2.38. The molecule has 0 bridgehead atoms. The van der Waals surface area contributed by atoms with Crippen molar-refractivity contribution >= 4 is 22.5 Å². The number of nitrogens with two attached hydrogens (primary N) is 1. The number of rotatable bonds is 3. The van der Waals surface area contributed by atoms with Crippen molar-refractivity contribution in [2.45, 2.75) is 12.8 Å². The van der Waals surface area contributed by atoms with Crippen LogP contribution in [0.5, 0.6) is 5.75 Å². The summed E-state index contributed by atoms with van der Waals surface area (Å²) in [5.41, 5.74) is 7.19. The summed E-state index contributed by atoms with van der Waals surface area (Å²) in [6.45, 7) is 1.83. The smallest absolute Gasteiger partial charge is 0.223 e. The van der Waals surface area contributed by atoms with E-state index in [2.05, 4.69) is 15.1 Å². The van der Waals surface area contributed by atoms with Crippen molar-refractivity contribution in [2.75, 3.05) is 19.5 Å². The Morgan fingerprint density at radius 3 is 2.90 bits per heavy atom. The summed E-state index contributed by atoms with van der Waals surface area (Å²) in [7, 11) is 1.58. The Morgan fingerprint density at radius 1 is 1.40 bits per heavy atom. The van der Waals surface area contributed by atoms with E-state index in [1.807, 2.05) is 25.1 Å². The highest BCUT2D eigenvalue weighted by Crippen LogP contribution is 2.28. The zero-order valence-electron chi connectivity index (χ0n) is 11.2. The lowest BCUT2D eigenvalue weighted by molar-refractivity contribution is 0.269. The maximum absolute atomic E-state index is 9.22. The molecule has 0 saturated carbocycles. The fourth-order valence-electron chi connectivity index (χ4n) is 2.10. The molecule has 0 aliphatic carbocycles. The molecule has 0 unspecified atom stereocenters. The van der Waals surface area contributed by atoms with E-state index in [-0.39, 0.29) is 18.5 Å². The van der Waals surface area contributed by atoms with E-state index in [1.165, 1.54) is 4.52 Å². The number of nitrogen functional groups attached to an aromatic ring is 1. The molecule has 1 atom stereocenters. The van der Waals surface area contributed by atoms with Crippen molar-refractivity contribution in [2.24, 2.45) is 0 Å². The number of nitrogens with zero attached hydrogens (tertiary/aromatic N) is 4. The molecule has 7 heteroatoms. The number of aromatic nitrogens is 4. The highest BCUT2D eigenvalue weighted by atomic mass is 16.5. The summed E-state index contributed by atoms with van der Waals surface area (Å²) < 4.78 is 6.78. The second kappa shape index (κ2) is 4.61. The van der Waals surface area contributed by atoms with Gasteiger partial charge in [0.15, 0.2) is 11.5 Å². The molecule has 2 heterocycles. The average molecular weight is 273 g/mol. The van der Waals surface area contributed by atoms with Crippen LogP contribution in [0.2, 0.25) is 0 Å². The van der Waals surface area contributed by atoms with E-state index in [0.29, 0.717) is 22.7 Å². The first kappa shape index (κ1) is 12.6. The number of aliphatic hydroxyl groups excluding tert-OH is 1. The van der Waals surface area contributed by atoms with Gasteiger partial charge in [0, 0.05) is 11.3 Å². The summed E-state index contributed by atoms with van der Waals surface area (Å²) in [5.74, 6) is 1.25. The van der Waals surface area contributed by atoms with Crippen LogP contribution in [0.25, 0.3) is 16.6 Å². The first-order valence-electron chi connectivity index (χ1n) is 6.25. The van der Waals surface area contributed by atoms with Crippen molar-refractivity contribution in [3.63, 3.8) is 0 Å². The molecule has 0 aliphatic rings. The fraction of sp³-hybridized carbons (Fsp3) is 0.308. The molecule has 7 nitrogen and oxygen atoms in total. The van der Waals surface area contributed by atoms with Crippen molar-refractivity contribution in [3.05, 3.63) is 24.0 Å². The van der Waals surface area contributed by atoms with Gasteiger partial charge in [-0.2, -0.15) is 4.52 Å². The van der Waals surface area contributed by atoms with Crippen LogP contribution in [-0.4, -0.2) is 38.4 Å². The van der Waals surface area contributed by atoms with E-state index >= 15 is 0 Å². The number of aliphatic hydroxyl groups is 1. The van der Waals surface area contributed by atoms with Crippen LogP contribution < -0.4 is 10.5 Å². The number of methoxy groups -OCH3 is 1. The van der Waals surface area contributed by atoms with Crippen molar-refractivity contribution in [3.8, 4) is 5.75 Å². The number of para-hydroxylation sites is 1. The molecule has 3 N–H and O–H groups in total. The number of fused-ring (bicyclic) bond motifs is 3. The van der Waals surface area contributed by atoms with Gasteiger partial charge in [-0.05, 0) is 12.1 Å². The van der Waals surface area contributed by atoms with Crippen molar-refractivity contribution in [1.82, 2.24) is 19.6 Å². The Labute approximate surface area is 115 Å². The molecular formula is C13H15N5O2. The summed E-state index contributed by atoms with van der Waals surface area (Å²) >= 11 is 0. The lowest BCUT2D eigenvalue weighted by Crippen LogP contribution is -2.04. The van der Waals surface area contributed by atoms with Gasteiger partial charge in [-0.3, -0.25) is 0 Å². The van der Waals surface area contributed by atoms with Crippen LogP contribution in [0.4, 0.5) is 5.95 Å². The van der Waals surface area contributed by atoms with Crippen LogP contribution in [0.3, 0.4) is 0 Å². The molecule has 1 aromatic carbocycles. The van der Waals surface area contributed by atoms with Crippen molar-refractivity contribution < 1.29 is 9.84 Å². The third-order valence-corrected chi connectivity index (χ3v) is 3.24. The third-order valence-electron chi connectivity index (χ3n) is 3.24. The molecule has 0 radical (unpaired) electrons. The monoisotopic (exact) mass is 273 g/mol. The van der Waals surface area contributed by atoms with Crippen molar-refractivity contribution in [1.29, 1.82) is 0 Å². The first-order valence-corrected chi connectivity index (χ1v) is 6.25. The summed E-state index contributed by atoms with van der Waals surface area (Å²) in [4.78, 5) is 8.79. The second-order valence-electron chi connectivity index (χ2n) is 4.62. The van der Waals surface area contributed by atoms with Gasteiger partial charge in [0.1, 0.15) is 11.3 Å². The van der Waals surface area contributed by atoms with Crippen LogP contribution >= 0.6 is 0 Å². The largest absolute Gasteiger partial charge is 0.494 e. The fourth-order valence-corrected chi connectivity index (χ4v) is 2.10. The molecule has 3 rings (SSSR count). The molecular weight excluding hydrogens is 258 g/mol. The van der Waals surface area contributed by atoms with Gasteiger partial charge in [-0.25, -0.2) is 9.97 Å². The maximum Gasteiger partial charge on any atom is 0.223 e. The van der Waals surface area contributed by atoms with Crippen LogP contribution in [-0.2, 0) is 0 Å². The predicted octanol–water partition coefficient (Wildman–Crippen LogP) is 0.964. The second-order valence-corrected chi connectivity index (χ2v) is 4.62. The summed E-state index contributed by atoms with van der Waals surface area (Å²) in [6, 6.07) is 5.57. The normalized spacial score (nSPS) is 12.9. The van der Waals surface area contributed by atoms with Gasteiger partial charge in [0.2, 0.25) is 5.95 Å². The zero-order chi connectivity index (χ0) is 14.3. The van der Waals surface area contributed by atoms with E-state index in [4.69, 9.17) is 10.5 Å². The summed E-state index contributed by atoms with van der Waals surface area (Å²) in [5, 5.41) is 14.3. The summed E-state index contributed by atoms with van der Waals surface area (Å²) in [6.07, 6.45) is 0. The third kappa shape index (κ3) is 1.75. The van der Waals surface area contributed by atoms with Crippen LogP contribution in [0.15, 0.2) is 18.2 Å². The molecule has 20 heavy (non-hydrogen) atoms. The molecule has 2 aromatic heterocycles. The lowest BCUT2D eigenvalue weighted by atomic mass is 10.2. The molecule has 0 amide bonds. The first-order chi connectivity index (χ1) is 9.65.